The molecule has 30 heavy (non-hydrogen) atoms. The molecular formula is C22H35N5O3. The molecule has 0 amide bonds. The lowest BCUT2D eigenvalue weighted by atomic mass is 10.2. The van der Waals surface area contributed by atoms with E-state index in [2.05, 4.69) is 37.8 Å². The molecule has 3 heterocycles. The number of hydrogen-bond acceptors (Lipinski definition) is 7. The highest BCUT2D eigenvalue weighted by atomic mass is 16.4. The van der Waals surface area contributed by atoms with Crippen LogP contribution in [0.2, 0.25) is 0 Å². The number of nitrogens with zero attached hydrogens (tertiary/aromatic N) is 5. The maximum Gasteiger partial charge on any atom is 0.317 e. The Bertz CT molecular complexity index is 659. The van der Waals surface area contributed by atoms with Crippen molar-refractivity contribution in [1.82, 2.24) is 24.6 Å². The Balaban J connectivity index is 1.83. The minimum absolute atomic E-state index is 0.0895. The van der Waals surface area contributed by atoms with Crippen LogP contribution < -0.4 is 0 Å². The van der Waals surface area contributed by atoms with Gasteiger partial charge in [0.25, 0.3) is 0 Å². The monoisotopic (exact) mass is 417 g/mol. The van der Waals surface area contributed by atoms with Gasteiger partial charge in [0.05, 0.1) is 24.5 Å². The fourth-order valence-corrected chi connectivity index (χ4v) is 4.35. The molecule has 0 spiro atoms. The largest absolute Gasteiger partial charge is 0.480 e. The highest BCUT2D eigenvalue weighted by Gasteiger charge is 2.18. The van der Waals surface area contributed by atoms with Gasteiger partial charge in [-0.1, -0.05) is 6.07 Å². The number of aliphatic carboxylic acids is 1. The molecule has 1 aromatic rings. The van der Waals surface area contributed by atoms with Gasteiger partial charge in [-0.25, -0.2) is 0 Å². The number of aromatic nitrogens is 1. The van der Waals surface area contributed by atoms with E-state index >= 15 is 0 Å². The van der Waals surface area contributed by atoms with E-state index in [1.54, 1.807) is 6.92 Å². The van der Waals surface area contributed by atoms with Crippen molar-refractivity contribution in [1.29, 1.82) is 0 Å². The van der Waals surface area contributed by atoms with E-state index in [9.17, 15) is 14.7 Å². The molecule has 0 aromatic carbocycles. The SMILES string of the molecule is CC(=O)CN1CCCN2CCN(CC(=O)O)CCCN(CC1)Cc1cccc(n1)C2. The molecule has 2 unspecified atom stereocenters. The number of carboxylic acid groups (broad SMARTS) is 1. The van der Waals surface area contributed by atoms with Crippen molar-refractivity contribution in [3.8, 4) is 0 Å². The van der Waals surface area contributed by atoms with Gasteiger partial charge >= 0.3 is 5.97 Å². The van der Waals surface area contributed by atoms with E-state index in [1.807, 2.05) is 0 Å². The number of ketones is 1. The van der Waals surface area contributed by atoms with E-state index in [-0.39, 0.29) is 12.3 Å². The van der Waals surface area contributed by atoms with Crippen molar-refractivity contribution in [2.75, 3.05) is 65.4 Å². The highest BCUT2D eigenvalue weighted by molar-refractivity contribution is 5.77. The Morgan fingerprint density at radius 2 is 1.37 bits per heavy atom. The van der Waals surface area contributed by atoms with Gasteiger partial charge in [-0.2, -0.15) is 0 Å². The smallest absolute Gasteiger partial charge is 0.317 e. The molecule has 0 radical (unpaired) electrons. The summed E-state index contributed by atoms with van der Waals surface area (Å²) in [6, 6.07) is 6.26. The van der Waals surface area contributed by atoms with E-state index < -0.39 is 5.97 Å². The second-order valence-corrected chi connectivity index (χ2v) is 8.53. The molecule has 3 rings (SSSR count). The van der Waals surface area contributed by atoms with Crippen LogP contribution in [0.15, 0.2) is 18.2 Å². The lowest BCUT2D eigenvalue weighted by Crippen LogP contribution is -2.42. The van der Waals surface area contributed by atoms with E-state index in [4.69, 9.17) is 4.98 Å². The van der Waals surface area contributed by atoms with Crippen molar-refractivity contribution in [2.45, 2.75) is 32.9 Å². The maximum atomic E-state index is 11.7. The molecule has 4 bridgehead atoms. The van der Waals surface area contributed by atoms with Crippen LogP contribution in [0.5, 0.6) is 0 Å². The molecule has 2 aliphatic heterocycles. The number of pyridine rings is 1. The molecule has 8 heteroatoms. The zero-order valence-corrected chi connectivity index (χ0v) is 18.1. The predicted molar refractivity (Wildman–Crippen MR) is 115 cm³/mol. The number of fused-ring (bicyclic) bond motifs is 2. The van der Waals surface area contributed by atoms with Gasteiger partial charge in [0, 0.05) is 45.8 Å². The Hall–Kier alpha value is -1.87. The fourth-order valence-electron chi connectivity index (χ4n) is 4.35. The first-order chi connectivity index (χ1) is 14.5. The lowest BCUT2D eigenvalue weighted by Gasteiger charge is -2.30. The third kappa shape index (κ3) is 7.75. The molecule has 1 aromatic heterocycles. The summed E-state index contributed by atoms with van der Waals surface area (Å²) >= 11 is 0. The summed E-state index contributed by atoms with van der Waals surface area (Å²) in [7, 11) is 0. The standard InChI is InChI=1S/C22H35N5O3/c1-19(28)15-24-7-3-8-26-13-14-27(18-22(29)30)10-4-9-25(12-11-24)16-20-5-2-6-21(17-26)23-20/h2,5-6H,3-4,7-18H2,1H3,(H,29,30). The molecule has 2 aliphatic rings. The van der Waals surface area contributed by atoms with Crippen LogP contribution in [0.25, 0.3) is 0 Å². The number of Topliss-reactive ketones (excluding diaryl/α,β-unsaturated/α-hetero) is 1. The fraction of sp³-hybridized carbons (Fsp3) is 0.682. The third-order valence-electron chi connectivity index (χ3n) is 5.80. The van der Waals surface area contributed by atoms with Gasteiger partial charge in [0.15, 0.2) is 0 Å². The Morgan fingerprint density at radius 3 is 1.87 bits per heavy atom. The first-order valence-electron chi connectivity index (χ1n) is 11.0. The van der Waals surface area contributed by atoms with Crippen LogP contribution >= 0.6 is 0 Å². The van der Waals surface area contributed by atoms with Crippen LogP contribution in [0.4, 0.5) is 0 Å². The van der Waals surface area contributed by atoms with E-state index in [0.717, 1.165) is 89.7 Å². The van der Waals surface area contributed by atoms with Gasteiger partial charge < -0.3 is 5.11 Å². The summed E-state index contributed by atoms with van der Waals surface area (Å²) in [5.41, 5.74) is 2.14. The van der Waals surface area contributed by atoms with Gasteiger partial charge in [-0.3, -0.25) is 34.2 Å². The van der Waals surface area contributed by atoms with Crippen molar-refractivity contribution in [3.05, 3.63) is 29.6 Å². The highest BCUT2D eigenvalue weighted by Crippen LogP contribution is 2.11. The lowest BCUT2D eigenvalue weighted by molar-refractivity contribution is -0.138. The Morgan fingerprint density at radius 1 is 0.833 bits per heavy atom. The van der Waals surface area contributed by atoms with Crippen LogP contribution in [-0.4, -0.2) is 107 Å². The molecule has 0 saturated heterocycles. The van der Waals surface area contributed by atoms with Crippen LogP contribution in [-0.2, 0) is 22.7 Å². The first kappa shape index (κ1) is 22.8. The molecule has 0 aliphatic carbocycles. The van der Waals surface area contributed by atoms with Gasteiger partial charge in [0.1, 0.15) is 5.78 Å². The summed E-state index contributed by atoms with van der Waals surface area (Å²) in [5, 5.41) is 9.30. The van der Waals surface area contributed by atoms with Crippen LogP contribution in [0, 0.1) is 0 Å². The molecule has 1 N–H and O–H groups in total. The topological polar surface area (TPSA) is 80.2 Å². The van der Waals surface area contributed by atoms with Crippen molar-refractivity contribution in [2.24, 2.45) is 0 Å². The van der Waals surface area contributed by atoms with Crippen LogP contribution in [0.3, 0.4) is 0 Å². The average molecular weight is 418 g/mol. The van der Waals surface area contributed by atoms with Gasteiger partial charge in [-0.05, 0) is 51.5 Å². The zero-order chi connectivity index (χ0) is 21.3. The summed E-state index contributed by atoms with van der Waals surface area (Å²) < 4.78 is 0. The normalized spacial score (nSPS) is 25.0. The third-order valence-corrected chi connectivity index (χ3v) is 5.80. The molecule has 0 fully saturated rings. The molecular weight excluding hydrogens is 382 g/mol. The number of carbonyl (C=O) groups is 2. The van der Waals surface area contributed by atoms with Crippen molar-refractivity contribution >= 4 is 11.8 Å². The summed E-state index contributed by atoms with van der Waals surface area (Å²) in [5.74, 6) is -0.557. The van der Waals surface area contributed by atoms with Gasteiger partial charge in [0.2, 0.25) is 0 Å². The van der Waals surface area contributed by atoms with Crippen LogP contribution in [0.1, 0.15) is 31.2 Å². The van der Waals surface area contributed by atoms with Crippen molar-refractivity contribution < 1.29 is 14.7 Å². The maximum absolute atomic E-state index is 11.7. The molecule has 0 saturated carbocycles. The summed E-state index contributed by atoms with van der Waals surface area (Å²) in [6.07, 6.45) is 1.89. The summed E-state index contributed by atoms with van der Waals surface area (Å²) in [6.45, 7) is 10.6. The Labute approximate surface area is 179 Å². The number of carboxylic acids is 1. The van der Waals surface area contributed by atoms with Gasteiger partial charge in [-0.15, -0.1) is 0 Å². The minimum Gasteiger partial charge on any atom is -0.480 e. The average Bonchev–Trinajstić information content (AvgIpc) is 2.69. The zero-order valence-electron chi connectivity index (χ0n) is 18.1. The second-order valence-electron chi connectivity index (χ2n) is 8.53. The second kappa shape index (κ2) is 11.5. The van der Waals surface area contributed by atoms with E-state index in [0.29, 0.717) is 6.54 Å². The number of hydrogen-bond donors (Lipinski definition) is 1. The van der Waals surface area contributed by atoms with Crippen molar-refractivity contribution in [3.63, 3.8) is 0 Å². The quantitative estimate of drug-likeness (QED) is 0.770. The minimum atomic E-state index is -0.767. The summed E-state index contributed by atoms with van der Waals surface area (Å²) in [4.78, 5) is 37.1. The number of rotatable bonds is 4. The first-order valence-corrected chi connectivity index (χ1v) is 11.0. The predicted octanol–water partition coefficient (Wildman–Crippen LogP) is 0.771. The molecule has 8 nitrogen and oxygen atoms in total. The van der Waals surface area contributed by atoms with E-state index in [1.165, 1.54) is 0 Å². The Kier molecular flexibility index (Phi) is 8.74. The molecule has 166 valence electrons. The number of carbonyl (C=O) groups excluding carboxylic acids is 1. The molecule has 2 atom stereocenters.